The Kier molecular flexibility index (Phi) is 37.8. The Morgan fingerprint density at radius 2 is 0.971 bits per heavy atom. The van der Waals surface area contributed by atoms with Crippen molar-refractivity contribution in [2.75, 3.05) is 137 Å². The normalized spacial score (nSPS) is 14.0. The van der Waals surface area contributed by atoms with E-state index in [9.17, 15) is 37.5 Å². The predicted octanol–water partition coefficient (Wildman–Crippen LogP) is 2.03. The van der Waals surface area contributed by atoms with Gasteiger partial charge in [0.2, 0.25) is 70.0 Å². The lowest BCUT2D eigenvalue weighted by Gasteiger charge is -2.38. The van der Waals surface area contributed by atoms with Crippen LogP contribution in [0.15, 0.2) is 77.7 Å². The molecular formula is C73H112N14O16S2. The SMILES string of the molecule is CCOCNCC(=O)N(CCCCN)CC(=O)N(CCc1ccc(S(N)(=O)=O)cc1)CC(=O)N(CCCCN)CC(=O)N(CC(=O)N(CC(=O)N(CCc1ccccc1)CC(=O)N(CC(=O)N(CCCCN)CC(=O)NC(CCS)C(=O)O)C1CCCCC1)C1CCCCC1)Cc1ccc2c(c1)OCO2. The van der Waals surface area contributed by atoms with E-state index in [2.05, 4.69) is 23.3 Å². The number of rotatable bonds is 48. The summed E-state index contributed by atoms with van der Waals surface area (Å²) in [4.78, 5) is 156. The number of hydrogen-bond donors (Lipinski definition) is 8. The minimum atomic E-state index is -4.04. The van der Waals surface area contributed by atoms with Crippen LogP contribution in [0.2, 0.25) is 0 Å². The Balaban J connectivity index is 1.32. The Morgan fingerprint density at radius 1 is 0.533 bits per heavy atom. The molecule has 3 aromatic carbocycles. The third-order valence-corrected chi connectivity index (χ3v) is 20.2. The van der Waals surface area contributed by atoms with Gasteiger partial charge in [0.15, 0.2) is 11.5 Å². The Morgan fingerprint density at radius 3 is 1.46 bits per heavy atom. The van der Waals surface area contributed by atoms with E-state index in [-0.39, 0.29) is 89.4 Å². The maximum atomic E-state index is 15.6. The number of primary sulfonamides is 1. The summed E-state index contributed by atoms with van der Waals surface area (Å²) in [6, 6.07) is 18.1. The van der Waals surface area contributed by atoms with Crippen molar-refractivity contribution in [1.82, 2.24) is 49.8 Å². The van der Waals surface area contributed by atoms with Crippen molar-refractivity contribution in [3.05, 3.63) is 89.5 Å². The van der Waals surface area contributed by atoms with Gasteiger partial charge >= 0.3 is 5.97 Å². The molecule has 0 saturated heterocycles. The molecule has 0 spiro atoms. The summed E-state index contributed by atoms with van der Waals surface area (Å²) in [6.45, 7) is -0.946. The van der Waals surface area contributed by atoms with Crippen LogP contribution in [0.1, 0.15) is 133 Å². The summed E-state index contributed by atoms with van der Waals surface area (Å²) in [7, 11) is -4.04. The van der Waals surface area contributed by atoms with Crippen molar-refractivity contribution in [2.45, 2.75) is 158 Å². The summed E-state index contributed by atoms with van der Waals surface area (Å²) in [5, 5.41) is 20.6. The number of hydrogen-bond acceptors (Lipinski definition) is 20. The average Bonchev–Trinajstić information content (AvgIpc) is 1.82. The first kappa shape index (κ1) is 85.9. The molecule has 105 heavy (non-hydrogen) atoms. The first-order valence-electron chi connectivity index (χ1n) is 36.9. The number of benzene rings is 3. The van der Waals surface area contributed by atoms with Crippen molar-refractivity contribution in [3.63, 3.8) is 0 Å². The van der Waals surface area contributed by atoms with E-state index in [0.29, 0.717) is 113 Å². The number of unbranched alkanes of at least 4 members (excludes halogenated alkanes) is 3. The van der Waals surface area contributed by atoms with Crippen LogP contribution in [0, 0.1) is 0 Å². The fraction of sp³-hybridized carbons (Fsp3) is 0.616. The second kappa shape index (κ2) is 46.2. The molecule has 30 nitrogen and oxygen atoms in total. The molecule has 3 aliphatic rings. The molecule has 32 heteroatoms. The number of carbonyl (C=O) groups excluding carboxylic acids is 9. The van der Waals surface area contributed by atoms with E-state index in [1.807, 2.05) is 30.3 Å². The Hall–Kier alpha value is -7.98. The maximum absolute atomic E-state index is 15.6. The number of carbonyl (C=O) groups is 10. The summed E-state index contributed by atoms with van der Waals surface area (Å²) >= 11 is 4.15. The molecule has 11 N–H and O–H groups in total. The summed E-state index contributed by atoms with van der Waals surface area (Å²) in [5.41, 5.74) is 19.7. The molecule has 1 heterocycles. The molecule has 2 fully saturated rings. The van der Waals surface area contributed by atoms with Crippen molar-refractivity contribution in [3.8, 4) is 11.5 Å². The molecule has 1 aliphatic heterocycles. The average molecular weight is 1510 g/mol. The lowest BCUT2D eigenvalue weighted by Crippen LogP contribution is -2.55. The number of sulfonamides is 1. The molecule has 2 saturated carbocycles. The highest BCUT2D eigenvalue weighted by atomic mass is 32.2. The molecule has 0 aromatic heterocycles. The number of thiol groups is 1. The van der Waals surface area contributed by atoms with Gasteiger partial charge in [-0.2, -0.15) is 12.6 Å². The van der Waals surface area contributed by atoms with Crippen LogP contribution in [0.4, 0.5) is 0 Å². The number of ether oxygens (including phenoxy) is 3. The van der Waals surface area contributed by atoms with Gasteiger partial charge in [-0.25, -0.2) is 18.4 Å². The van der Waals surface area contributed by atoms with Gasteiger partial charge in [-0.3, -0.25) is 48.5 Å². The van der Waals surface area contributed by atoms with Crippen LogP contribution in [-0.4, -0.2) is 267 Å². The minimum absolute atomic E-state index is 0.00256. The van der Waals surface area contributed by atoms with Crippen LogP contribution in [0.3, 0.4) is 0 Å². The highest BCUT2D eigenvalue weighted by molar-refractivity contribution is 7.89. The quantitative estimate of drug-likeness (QED) is 0.0228. The monoisotopic (exact) mass is 1500 g/mol. The zero-order chi connectivity index (χ0) is 76.1. The van der Waals surface area contributed by atoms with Crippen LogP contribution in [0.25, 0.3) is 0 Å². The lowest BCUT2D eigenvalue weighted by atomic mass is 9.94. The molecular weight excluding hydrogens is 1390 g/mol. The lowest BCUT2D eigenvalue weighted by molar-refractivity contribution is -0.151. The van der Waals surface area contributed by atoms with E-state index in [4.69, 9.17) is 36.6 Å². The van der Waals surface area contributed by atoms with Gasteiger partial charge in [-0.05, 0) is 157 Å². The fourth-order valence-electron chi connectivity index (χ4n) is 13.0. The van der Waals surface area contributed by atoms with Gasteiger partial charge < -0.3 is 81.0 Å². The number of carboxylic acids is 1. The first-order valence-corrected chi connectivity index (χ1v) is 39.0. The third kappa shape index (κ3) is 29.7. The van der Waals surface area contributed by atoms with Crippen LogP contribution < -0.4 is 42.4 Å². The van der Waals surface area contributed by atoms with Gasteiger partial charge in [0.05, 0.1) is 50.9 Å². The number of nitrogens with two attached hydrogens (primary N) is 4. The van der Waals surface area contributed by atoms with E-state index in [1.165, 1.54) is 51.3 Å². The topological polar surface area (TPSA) is 407 Å². The number of aliphatic carboxylic acids is 1. The number of nitrogens with zero attached hydrogens (tertiary/aromatic N) is 8. The van der Waals surface area contributed by atoms with Crippen molar-refractivity contribution in [1.29, 1.82) is 0 Å². The number of amides is 9. The molecule has 2 aliphatic carbocycles. The third-order valence-electron chi connectivity index (χ3n) is 19.0. The minimum Gasteiger partial charge on any atom is -0.480 e. The Labute approximate surface area is 623 Å². The summed E-state index contributed by atoms with van der Waals surface area (Å²) in [6.07, 6.45) is 10.3. The molecule has 3 aromatic rings. The van der Waals surface area contributed by atoms with Crippen LogP contribution in [0.5, 0.6) is 11.5 Å². The smallest absolute Gasteiger partial charge is 0.326 e. The van der Waals surface area contributed by atoms with Crippen molar-refractivity contribution >= 4 is 81.8 Å². The van der Waals surface area contributed by atoms with Gasteiger partial charge in [0, 0.05) is 58.0 Å². The first-order chi connectivity index (χ1) is 50.5. The second-order valence-electron chi connectivity index (χ2n) is 26.8. The van der Waals surface area contributed by atoms with Gasteiger partial charge in [0.1, 0.15) is 25.7 Å². The Bertz CT molecular complexity index is 3390. The second-order valence-corrected chi connectivity index (χ2v) is 28.8. The zero-order valence-corrected chi connectivity index (χ0v) is 62.7. The summed E-state index contributed by atoms with van der Waals surface area (Å²) < 4.78 is 41.0. The zero-order valence-electron chi connectivity index (χ0n) is 61.0. The van der Waals surface area contributed by atoms with E-state index in [1.54, 1.807) is 37.3 Å². The number of nitrogens with one attached hydrogen (secondary N) is 2. The molecule has 9 amide bonds. The van der Waals surface area contributed by atoms with Crippen molar-refractivity contribution < 1.29 is 75.7 Å². The van der Waals surface area contributed by atoms with E-state index < -0.39 is 140 Å². The molecule has 1 unspecified atom stereocenters. The fourth-order valence-corrected chi connectivity index (χ4v) is 13.7. The molecule has 0 radical (unpaired) electrons. The number of fused-ring (bicyclic) bond motifs is 1. The highest BCUT2D eigenvalue weighted by Crippen LogP contribution is 2.33. The van der Waals surface area contributed by atoms with Gasteiger partial charge in [-0.1, -0.05) is 87.1 Å². The predicted molar refractivity (Wildman–Crippen MR) is 397 cm³/mol. The maximum Gasteiger partial charge on any atom is 0.326 e. The largest absolute Gasteiger partial charge is 0.480 e. The van der Waals surface area contributed by atoms with E-state index in [0.717, 1.165) is 44.1 Å². The standard InChI is InChI=1S/C73H112N14O16S2/c1-2-101-53-78-43-65(89)81(37-16-13-34-75)46-67(91)83(40-31-56-24-27-60(28-25-56)105(77,99)100)47-66(90)82(38-17-14-35-76)48-68(92)85(44-57-26-29-62-63(42-57)103-54-102-62)50-72(96)87(59-22-10-5-11-23-59)52-70(94)84(39-30-55-18-6-3-7-19-55)49-71(95)86(58-20-8-4-9-21-58)51-69(93)80(36-15-12-33-74)45-64(88)79-61(32-41-104)73(97)98/h3,6-7,18-19,24-29,42,58-59,61,78,104H,2,4-5,8-17,20-23,30-41,43-54,74-76H2,1H3,(H,79,88)(H,97,98)(H2,77,99,100). The van der Waals surface area contributed by atoms with Crippen LogP contribution >= 0.6 is 12.6 Å². The molecule has 1 atom stereocenters. The van der Waals surface area contributed by atoms with Crippen LogP contribution in [-0.2, 0) is 82.1 Å². The summed E-state index contributed by atoms with van der Waals surface area (Å²) in [5.74, 6) is -5.41. The molecule has 0 bridgehead atoms. The highest BCUT2D eigenvalue weighted by Gasteiger charge is 2.36. The molecule has 6 rings (SSSR count). The van der Waals surface area contributed by atoms with Gasteiger partial charge in [0.25, 0.3) is 0 Å². The molecule has 582 valence electrons. The van der Waals surface area contributed by atoms with Gasteiger partial charge in [-0.15, -0.1) is 0 Å². The van der Waals surface area contributed by atoms with E-state index >= 15 is 24.0 Å². The van der Waals surface area contributed by atoms with Crippen molar-refractivity contribution in [2.24, 2.45) is 22.3 Å². The number of carboxylic acid groups (broad SMARTS) is 1.